The van der Waals surface area contributed by atoms with E-state index >= 15 is 0 Å². The van der Waals surface area contributed by atoms with Crippen molar-refractivity contribution < 1.29 is 9.47 Å². The molecule has 2 heterocycles. The van der Waals surface area contributed by atoms with Gasteiger partial charge in [-0.2, -0.15) is 0 Å². The largest absolute Gasteiger partial charge is 0.495 e. The molecule has 0 atom stereocenters. The van der Waals surface area contributed by atoms with Crippen LogP contribution in [0.5, 0.6) is 11.5 Å². The van der Waals surface area contributed by atoms with E-state index < -0.39 is 0 Å². The number of methoxy groups -OCH3 is 1. The van der Waals surface area contributed by atoms with Crippen LogP contribution >= 0.6 is 15.9 Å². The molecule has 1 aromatic carbocycles. The first-order valence-electron chi connectivity index (χ1n) is 6.57. The highest BCUT2D eigenvalue weighted by molar-refractivity contribution is 9.10. The van der Waals surface area contributed by atoms with Gasteiger partial charge in [0.2, 0.25) is 0 Å². The van der Waals surface area contributed by atoms with Crippen LogP contribution in [0.3, 0.4) is 0 Å². The molecule has 0 N–H and O–H groups in total. The van der Waals surface area contributed by atoms with Gasteiger partial charge in [0.05, 0.1) is 18.8 Å². The van der Waals surface area contributed by atoms with Crippen LogP contribution in [0.15, 0.2) is 47.2 Å². The van der Waals surface area contributed by atoms with Gasteiger partial charge in [-0.15, -0.1) is 0 Å². The summed E-state index contributed by atoms with van der Waals surface area (Å²) >= 11 is 3.47. The first-order chi connectivity index (χ1) is 10.2. The van der Waals surface area contributed by atoms with E-state index in [0.717, 1.165) is 27.4 Å². The van der Waals surface area contributed by atoms with E-state index in [1.165, 1.54) is 5.56 Å². The molecular formula is C16H15BrN2O2. The molecule has 0 bridgehead atoms. The Labute approximate surface area is 131 Å². The number of fused-ring (bicyclic) bond motifs is 1. The van der Waals surface area contributed by atoms with Gasteiger partial charge in [-0.25, -0.2) is 4.98 Å². The van der Waals surface area contributed by atoms with Crippen molar-refractivity contribution >= 4 is 21.4 Å². The summed E-state index contributed by atoms with van der Waals surface area (Å²) in [7, 11) is 1.65. The summed E-state index contributed by atoms with van der Waals surface area (Å²) in [5.74, 6) is 2.43. The Hall–Kier alpha value is -2.01. The van der Waals surface area contributed by atoms with Crippen LogP contribution < -0.4 is 9.47 Å². The number of halogens is 1. The molecule has 2 aromatic heterocycles. The second-order valence-electron chi connectivity index (χ2n) is 4.74. The van der Waals surface area contributed by atoms with Crippen molar-refractivity contribution in [3.63, 3.8) is 0 Å². The molecule has 0 radical (unpaired) electrons. The standard InChI is InChI=1S/C16H15BrN2O2/c1-11-3-5-12(6-4-11)21-10-15-18-16(17)14-8-7-13(20-2)9-19(14)15/h3-9H,10H2,1-2H3. The lowest BCUT2D eigenvalue weighted by atomic mass is 10.2. The fraction of sp³-hybridized carbons (Fsp3) is 0.188. The quantitative estimate of drug-likeness (QED) is 0.716. The molecule has 0 fully saturated rings. The highest BCUT2D eigenvalue weighted by Gasteiger charge is 2.10. The lowest BCUT2D eigenvalue weighted by Crippen LogP contribution is -2.01. The summed E-state index contributed by atoms with van der Waals surface area (Å²) in [4.78, 5) is 4.50. The highest BCUT2D eigenvalue weighted by Crippen LogP contribution is 2.23. The maximum atomic E-state index is 5.80. The molecule has 0 amide bonds. The SMILES string of the molecule is COc1ccc2c(Br)nc(COc3ccc(C)cc3)n2c1. The molecule has 4 nitrogen and oxygen atoms in total. The Balaban J connectivity index is 1.87. The lowest BCUT2D eigenvalue weighted by Gasteiger charge is -2.07. The van der Waals surface area contributed by atoms with E-state index in [4.69, 9.17) is 9.47 Å². The van der Waals surface area contributed by atoms with Gasteiger partial charge in [0, 0.05) is 0 Å². The Morgan fingerprint density at radius 3 is 2.52 bits per heavy atom. The van der Waals surface area contributed by atoms with Crippen LogP contribution in [-0.2, 0) is 6.61 Å². The molecular weight excluding hydrogens is 332 g/mol. The van der Waals surface area contributed by atoms with Crippen LogP contribution in [-0.4, -0.2) is 16.5 Å². The van der Waals surface area contributed by atoms with Crippen molar-refractivity contribution in [2.75, 3.05) is 7.11 Å². The normalized spacial score (nSPS) is 10.8. The van der Waals surface area contributed by atoms with Gasteiger partial charge in [0.15, 0.2) is 5.82 Å². The Bertz CT molecular complexity index is 766. The van der Waals surface area contributed by atoms with Gasteiger partial charge >= 0.3 is 0 Å². The maximum absolute atomic E-state index is 5.80. The Kier molecular flexibility index (Phi) is 3.84. The van der Waals surface area contributed by atoms with Crippen molar-refractivity contribution in [2.24, 2.45) is 0 Å². The van der Waals surface area contributed by atoms with Crippen molar-refractivity contribution in [1.82, 2.24) is 9.38 Å². The predicted octanol–water partition coefficient (Wildman–Crippen LogP) is 3.99. The van der Waals surface area contributed by atoms with Crippen molar-refractivity contribution in [3.8, 4) is 11.5 Å². The van der Waals surface area contributed by atoms with E-state index in [1.54, 1.807) is 7.11 Å². The number of imidazole rings is 1. The van der Waals surface area contributed by atoms with Gasteiger partial charge < -0.3 is 9.47 Å². The predicted molar refractivity (Wildman–Crippen MR) is 85.0 cm³/mol. The van der Waals surface area contributed by atoms with Crippen LogP contribution in [0.4, 0.5) is 0 Å². The van der Waals surface area contributed by atoms with E-state index in [2.05, 4.69) is 27.8 Å². The summed E-state index contributed by atoms with van der Waals surface area (Å²) in [5.41, 5.74) is 2.19. The third-order valence-corrected chi connectivity index (χ3v) is 3.85. The molecule has 3 rings (SSSR count). The molecule has 0 spiro atoms. The summed E-state index contributed by atoms with van der Waals surface area (Å²) in [6.45, 7) is 2.44. The van der Waals surface area contributed by atoms with Crippen LogP contribution in [0, 0.1) is 6.92 Å². The zero-order chi connectivity index (χ0) is 14.8. The van der Waals surface area contributed by atoms with Gasteiger partial charge in [0.25, 0.3) is 0 Å². The number of hydrogen-bond acceptors (Lipinski definition) is 3. The third kappa shape index (κ3) is 2.88. The molecule has 5 heteroatoms. The molecule has 3 aromatic rings. The number of benzene rings is 1. The first kappa shape index (κ1) is 13.9. The van der Waals surface area contributed by atoms with Crippen molar-refractivity contribution in [1.29, 1.82) is 0 Å². The summed E-state index contributed by atoms with van der Waals surface area (Å²) < 4.78 is 13.8. The molecule has 0 aliphatic carbocycles. The maximum Gasteiger partial charge on any atom is 0.152 e. The number of aromatic nitrogens is 2. The zero-order valence-corrected chi connectivity index (χ0v) is 13.4. The van der Waals surface area contributed by atoms with E-state index in [9.17, 15) is 0 Å². The first-order valence-corrected chi connectivity index (χ1v) is 7.36. The second-order valence-corrected chi connectivity index (χ2v) is 5.50. The molecule has 0 saturated heterocycles. The average Bonchev–Trinajstić information content (AvgIpc) is 2.82. The number of pyridine rings is 1. The monoisotopic (exact) mass is 346 g/mol. The summed E-state index contributed by atoms with van der Waals surface area (Å²) in [6, 6.07) is 11.8. The zero-order valence-electron chi connectivity index (χ0n) is 11.8. The molecule has 0 saturated carbocycles. The van der Waals surface area contributed by atoms with Gasteiger partial charge in [-0.3, -0.25) is 4.40 Å². The second kappa shape index (κ2) is 5.77. The number of aryl methyl sites for hydroxylation is 1. The smallest absolute Gasteiger partial charge is 0.152 e. The minimum atomic E-state index is 0.392. The van der Waals surface area contributed by atoms with Crippen LogP contribution in [0.2, 0.25) is 0 Å². The minimum Gasteiger partial charge on any atom is -0.495 e. The van der Waals surface area contributed by atoms with E-state index in [0.29, 0.717) is 6.61 Å². The van der Waals surface area contributed by atoms with Gasteiger partial charge in [0.1, 0.15) is 22.7 Å². The fourth-order valence-corrected chi connectivity index (χ4v) is 2.62. The van der Waals surface area contributed by atoms with E-state index in [-0.39, 0.29) is 0 Å². The molecule has 0 aliphatic rings. The molecule has 108 valence electrons. The van der Waals surface area contributed by atoms with Crippen molar-refractivity contribution in [3.05, 3.63) is 58.6 Å². The van der Waals surface area contributed by atoms with Gasteiger partial charge in [-0.1, -0.05) is 17.7 Å². The Morgan fingerprint density at radius 1 is 1.10 bits per heavy atom. The van der Waals surface area contributed by atoms with Crippen LogP contribution in [0.25, 0.3) is 5.52 Å². The van der Waals surface area contributed by atoms with Crippen LogP contribution in [0.1, 0.15) is 11.4 Å². The minimum absolute atomic E-state index is 0.392. The highest BCUT2D eigenvalue weighted by atomic mass is 79.9. The number of nitrogens with zero attached hydrogens (tertiary/aromatic N) is 2. The lowest BCUT2D eigenvalue weighted by molar-refractivity contribution is 0.295. The number of ether oxygens (including phenoxy) is 2. The molecule has 0 unspecified atom stereocenters. The van der Waals surface area contributed by atoms with E-state index in [1.807, 2.05) is 47.0 Å². The van der Waals surface area contributed by atoms with Crippen molar-refractivity contribution in [2.45, 2.75) is 13.5 Å². The fourth-order valence-electron chi connectivity index (χ4n) is 2.09. The summed E-state index contributed by atoms with van der Waals surface area (Å²) in [6.07, 6.45) is 1.90. The Morgan fingerprint density at radius 2 is 1.81 bits per heavy atom. The molecule has 21 heavy (non-hydrogen) atoms. The third-order valence-electron chi connectivity index (χ3n) is 3.26. The summed E-state index contributed by atoms with van der Waals surface area (Å²) in [5, 5.41) is 0. The molecule has 0 aliphatic heterocycles. The number of hydrogen-bond donors (Lipinski definition) is 0. The average molecular weight is 347 g/mol. The van der Waals surface area contributed by atoms with Gasteiger partial charge in [-0.05, 0) is 47.1 Å². The topological polar surface area (TPSA) is 35.8 Å². The number of rotatable bonds is 4.